The van der Waals surface area contributed by atoms with E-state index in [1.165, 1.54) is 24.3 Å². The number of halogens is 3. The molecule has 0 atom stereocenters. The molecule has 0 bridgehead atoms. The van der Waals surface area contributed by atoms with E-state index < -0.39 is 17.4 Å². The van der Waals surface area contributed by atoms with E-state index in [9.17, 15) is 13.9 Å². The minimum Gasteiger partial charge on any atom is -0.505 e. The molecule has 0 aromatic heterocycles. The predicted molar refractivity (Wildman–Crippen MR) is 58.5 cm³/mol. The molecule has 0 aliphatic rings. The smallest absolute Gasteiger partial charge is 0.164 e. The minimum atomic E-state index is -0.744. The van der Waals surface area contributed by atoms with Gasteiger partial charge in [-0.2, -0.15) is 0 Å². The molecule has 2 aromatic carbocycles. The molecule has 1 nitrogen and oxygen atoms in total. The highest BCUT2D eigenvalue weighted by atomic mass is 35.5. The highest BCUT2D eigenvalue weighted by molar-refractivity contribution is 6.30. The molecule has 0 unspecified atom stereocenters. The number of phenolic OH excluding ortho intramolecular Hbond substituents is 1. The van der Waals surface area contributed by atoms with Crippen molar-refractivity contribution in [2.75, 3.05) is 0 Å². The maximum atomic E-state index is 13.5. The summed E-state index contributed by atoms with van der Waals surface area (Å²) in [7, 11) is 0. The third kappa shape index (κ3) is 1.99. The summed E-state index contributed by atoms with van der Waals surface area (Å²) < 4.78 is 26.3. The molecule has 4 heteroatoms. The quantitative estimate of drug-likeness (QED) is 0.799. The van der Waals surface area contributed by atoms with Crippen molar-refractivity contribution in [2.24, 2.45) is 0 Å². The monoisotopic (exact) mass is 240 g/mol. The Hall–Kier alpha value is -1.61. The Morgan fingerprint density at radius 2 is 1.62 bits per heavy atom. The first kappa shape index (κ1) is 10.9. The van der Waals surface area contributed by atoms with E-state index in [4.69, 9.17) is 11.6 Å². The predicted octanol–water partition coefficient (Wildman–Crippen LogP) is 3.99. The lowest BCUT2D eigenvalue weighted by molar-refractivity contribution is 0.432. The Labute approximate surface area is 95.9 Å². The average Bonchev–Trinajstić information content (AvgIpc) is 2.26. The van der Waals surface area contributed by atoms with Crippen LogP contribution in [0.15, 0.2) is 36.4 Å². The van der Waals surface area contributed by atoms with Crippen molar-refractivity contribution in [3.05, 3.63) is 53.1 Å². The highest BCUT2D eigenvalue weighted by Gasteiger charge is 2.08. The fourth-order valence-corrected chi connectivity index (χ4v) is 1.57. The fourth-order valence-electron chi connectivity index (χ4n) is 1.40. The van der Waals surface area contributed by atoms with Crippen LogP contribution in [0.5, 0.6) is 5.75 Å². The van der Waals surface area contributed by atoms with Gasteiger partial charge in [-0.1, -0.05) is 17.7 Å². The number of phenols is 1. The lowest BCUT2D eigenvalue weighted by atomic mass is 10.0. The molecule has 0 heterocycles. The van der Waals surface area contributed by atoms with Gasteiger partial charge >= 0.3 is 0 Å². The van der Waals surface area contributed by atoms with Crippen LogP contribution in [0.4, 0.5) is 8.78 Å². The van der Waals surface area contributed by atoms with Gasteiger partial charge in [-0.15, -0.1) is 0 Å². The van der Waals surface area contributed by atoms with E-state index in [2.05, 4.69) is 0 Å². The Morgan fingerprint density at radius 1 is 0.938 bits per heavy atom. The van der Waals surface area contributed by atoms with Gasteiger partial charge in [0.05, 0.1) is 0 Å². The van der Waals surface area contributed by atoms with Crippen molar-refractivity contribution in [1.82, 2.24) is 0 Å². The second-order valence-corrected chi connectivity index (χ2v) is 3.73. The van der Waals surface area contributed by atoms with E-state index in [1.54, 1.807) is 0 Å². The number of benzene rings is 2. The number of hydrogen-bond acceptors (Lipinski definition) is 1. The van der Waals surface area contributed by atoms with Crippen LogP contribution in [0.25, 0.3) is 11.1 Å². The van der Waals surface area contributed by atoms with Gasteiger partial charge in [-0.05, 0) is 35.9 Å². The van der Waals surface area contributed by atoms with Crippen LogP contribution in [-0.2, 0) is 0 Å². The highest BCUT2D eigenvalue weighted by Crippen LogP contribution is 2.29. The normalized spacial score (nSPS) is 10.4. The second-order valence-electron chi connectivity index (χ2n) is 3.29. The van der Waals surface area contributed by atoms with E-state index >= 15 is 0 Å². The van der Waals surface area contributed by atoms with Crippen LogP contribution in [0.2, 0.25) is 5.02 Å². The standard InChI is InChI=1S/C12H7ClF2O/c13-8-2-4-10(14)9(6-8)7-1-3-11(15)12(16)5-7/h1-6,16H. The molecule has 0 aliphatic carbocycles. The largest absolute Gasteiger partial charge is 0.505 e. The molecular formula is C12H7ClF2O. The number of hydrogen-bond donors (Lipinski definition) is 1. The first-order valence-electron chi connectivity index (χ1n) is 4.52. The van der Waals surface area contributed by atoms with Crippen molar-refractivity contribution in [1.29, 1.82) is 0 Å². The van der Waals surface area contributed by atoms with Crippen molar-refractivity contribution >= 4 is 11.6 Å². The Kier molecular flexibility index (Phi) is 2.79. The van der Waals surface area contributed by atoms with E-state index in [1.807, 2.05) is 0 Å². The van der Waals surface area contributed by atoms with Gasteiger partial charge in [-0.3, -0.25) is 0 Å². The maximum Gasteiger partial charge on any atom is 0.164 e. The molecule has 0 saturated carbocycles. The summed E-state index contributed by atoms with van der Waals surface area (Å²) in [5.74, 6) is -1.74. The zero-order valence-electron chi connectivity index (χ0n) is 8.05. The van der Waals surface area contributed by atoms with Crippen LogP contribution in [0, 0.1) is 11.6 Å². The van der Waals surface area contributed by atoms with Gasteiger partial charge in [0.2, 0.25) is 0 Å². The molecule has 0 fully saturated rings. The summed E-state index contributed by atoms with van der Waals surface area (Å²) in [6.07, 6.45) is 0. The number of aromatic hydroxyl groups is 1. The lowest BCUT2D eigenvalue weighted by Crippen LogP contribution is -1.85. The van der Waals surface area contributed by atoms with Crippen molar-refractivity contribution < 1.29 is 13.9 Å². The molecule has 1 N–H and O–H groups in total. The zero-order chi connectivity index (χ0) is 11.7. The van der Waals surface area contributed by atoms with Gasteiger partial charge in [0.1, 0.15) is 5.82 Å². The molecular weight excluding hydrogens is 234 g/mol. The topological polar surface area (TPSA) is 20.2 Å². The van der Waals surface area contributed by atoms with Gasteiger partial charge in [0.25, 0.3) is 0 Å². The van der Waals surface area contributed by atoms with Crippen molar-refractivity contribution in [3.8, 4) is 16.9 Å². The molecule has 0 radical (unpaired) electrons. The van der Waals surface area contributed by atoms with E-state index in [0.717, 1.165) is 12.1 Å². The third-order valence-electron chi connectivity index (χ3n) is 2.19. The maximum absolute atomic E-state index is 13.5. The summed E-state index contributed by atoms with van der Waals surface area (Å²) in [5, 5.41) is 9.57. The summed E-state index contributed by atoms with van der Waals surface area (Å²) in [5.41, 5.74) is 0.599. The van der Waals surface area contributed by atoms with Gasteiger partial charge in [0.15, 0.2) is 11.6 Å². The van der Waals surface area contributed by atoms with Crippen molar-refractivity contribution in [3.63, 3.8) is 0 Å². The SMILES string of the molecule is Oc1cc(-c2cc(Cl)ccc2F)ccc1F. The van der Waals surface area contributed by atoms with Crippen LogP contribution < -0.4 is 0 Å². The van der Waals surface area contributed by atoms with Crippen LogP contribution >= 0.6 is 11.6 Å². The Morgan fingerprint density at radius 3 is 2.31 bits per heavy atom. The third-order valence-corrected chi connectivity index (χ3v) is 2.42. The van der Waals surface area contributed by atoms with Crippen LogP contribution in [0.3, 0.4) is 0 Å². The van der Waals surface area contributed by atoms with Gasteiger partial charge in [-0.25, -0.2) is 8.78 Å². The molecule has 0 saturated heterocycles. The van der Waals surface area contributed by atoms with Crippen LogP contribution in [-0.4, -0.2) is 5.11 Å². The zero-order valence-corrected chi connectivity index (χ0v) is 8.80. The molecule has 0 aliphatic heterocycles. The van der Waals surface area contributed by atoms with E-state index in [0.29, 0.717) is 10.6 Å². The minimum absolute atomic E-state index is 0.225. The molecule has 0 amide bonds. The first-order chi connectivity index (χ1) is 7.58. The summed E-state index contributed by atoms with van der Waals surface area (Å²) in [4.78, 5) is 0. The summed E-state index contributed by atoms with van der Waals surface area (Å²) in [6.45, 7) is 0. The first-order valence-corrected chi connectivity index (χ1v) is 4.89. The van der Waals surface area contributed by atoms with Gasteiger partial charge in [0, 0.05) is 10.6 Å². The fraction of sp³-hybridized carbons (Fsp3) is 0. The Bertz CT molecular complexity index is 541. The number of rotatable bonds is 1. The molecule has 2 aromatic rings. The molecule has 2 rings (SSSR count). The average molecular weight is 241 g/mol. The molecule has 0 spiro atoms. The van der Waals surface area contributed by atoms with E-state index in [-0.39, 0.29) is 5.56 Å². The molecule has 16 heavy (non-hydrogen) atoms. The lowest BCUT2D eigenvalue weighted by Gasteiger charge is -2.05. The summed E-state index contributed by atoms with van der Waals surface area (Å²) >= 11 is 5.73. The summed E-state index contributed by atoms with van der Waals surface area (Å²) in [6, 6.07) is 7.67. The molecule has 82 valence electrons. The van der Waals surface area contributed by atoms with Crippen molar-refractivity contribution in [2.45, 2.75) is 0 Å². The van der Waals surface area contributed by atoms with Crippen LogP contribution in [0.1, 0.15) is 0 Å². The second kappa shape index (κ2) is 4.10. The Balaban J connectivity index is 2.58. The van der Waals surface area contributed by atoms with Gasteiger partial charge < -0.3 is 5.11 Å².